The van der Waals surface area contributed by atoms with Crippen molar-refractivity contribution in [3.05, 3.63) is 58.5 Å². The molecule has 1 aromatic heterocycles. The van der Waals surface area contributed by atoms with Crippen LogP contribution < -0.4 is 5.32 Å². The summed E-state index contributed by atoms with van der Waals surface area (Å²) in [6.07, 6.45) is 0.709. The Balaban J connectivity index is 1.90. The molecule has 0 fully saturated rings. The fraction of sp³-hybridized carbons (Fsp3) is 0.250. The highest BCUT2D eigenvalue weighted by atomic mass is 16.4. The molecule has 1 heterocycles. The second-order valence-electron chi connectivity index (χ2n) is 4.97. The number of carbonyl (C=O) groups excluding carboxylic acids is 1. The van der Waals surface area contributed by atoms with Crippen molar-refractivity contribution in [3.63, 3.8) is 0 Å². The van der Waals surface area contributed by atoms with Gasteiger partial charge in [-0.15, -0.1) is 0 Å². The standard InChI is InChI=1S/C16H17NO4/c1-10-7-11(2)9-12(8-10)5-6-17-15(18)13-3-4-14(21-13)16(19)20/h3-4,7-9H,5-6H2,1-2H3,(H,17,18)(H,19,20). The number of aromatic carboxylic acids is 1. The van der Waals surface area contributed by atoms with Crippen molar-refractivity contribution in [1.29, 1.82) is 0 Å². The van der Waals surface area contributed by atoms with Gasteiger partial charge < -0.3 is 14.8 Å². The zero-order chi connectivity index (χ0) is 15.4. The minimum absolute atomic E-state index is 0.00724. The van der Waals surface area contributed by atoms with Crippen LogP contribution in [0.15, 0.2) is 34.7 Å². The third-order valence-electron chi connectivity index (χ3n) is 3.02. The SMILES string of the molecule is Cc1cc(C)cc(CCNC(=O)c2ccc(C(=O)O)o2)c1. The lowest BCUT2D eigenvalue weighted by molar-refractivity contribution is 0.0659. The molecule has 2 aromatic rings. The number of carboxylic acid groups (broad SMARTS) is 1. The van der Waals surface area contributed by atoms with Crippen molar-refractivity contribution in [2.45, 2.75) is 20.3 Å². The molecule has 0 bridgehead atoms. The maximum atomic E-state index is 11.8. The molecule has 110 valence electrons. The molecule has 5 nitrogen and oxygen atoms in total. The monoisotopic (exact) mass is 287 g/mol. The van der Waals surface area contributed by atoms with Crippen LogP contribution in [0.3, 0.4) is 0 Å². The Labute approximate surface area is 122 Å². The second kappa shape index (κ2) is 6.26. The van der Waals surface area contributed by atoms with Crippen LogP contribution in [0, 0.1) is 13.8 Å². The number of hydrogen-bond donors (Lipinski definition) is 2. The molecule has 2 rings (SSSR count). The van der Waals surface area contributed by atoms with Crippen LogP contribution in [0.4, 0.5) is 0 Å². The molecule has 0 unspecified atom stereocenters. The van der Waals surface area contributed by atoms with Gasteiger partial charge in [-0.1, -0.05) is 29.3 Å². The molecule has 0 aliphatic carbocycles. The molecule has 0 aliphatic heterocycles. The van der Waals surface area contributed by atoms with Crippen molar-refractivity contribution in [2.24, 2.45) is 0 Å². The van der Waals surface area contributed by atoms with E-state index < -0.39 is 11.9 Å². The smallest absolute Gasteiger partial charge is 0.371 e. The second-order valence-corrected chi connectivity index (χ2v) is 4.97. The highest BCUT2D eigenvalue weighted by Gasteiger charge is 2.14. The summed E-state index contributed by atoms with van der Waals surface area (Å²) in [4.78, 5) is 22.5. The number of rotatable bonds is 5. The summed E-state index contributed by atoms with van der Waals surface area (Å²) in [5, 5.41) is 11.4. The molecule has 0 radical (unpaired) electrons. The zero-order valence-electron chi connectivity index (χ0n) is 12.0. The van der Waals surface area contributed by atoms with Gasteiger partial charge in [-0.25, -0.2) is 4.79 Å². The largest absolute Gasteiger partial charge is 0.475 e. The van der Waals surface area contributed by atoms with E-state index in [1.54, 1.807) is 0 Å². The highest BCUT2D eigenvalue weighted by molar-refractivity contribution is 5.93. The first-order valence-corrected chi connectivity index (χ1v) is 6.64. The lowest BCUT2D eigenvalue weighted by Crippen LogP contribution is -2.25. The van der Waals surface area contributed by atoms with Crippen molar-refractivity contribution in [1.82, 2.24) is 5.32 Å². The van der Waals surface area contributed by atoms with Crippen molar-refractivity contribution >= 4 is 11.9 Å². The predicted octanol–water partition coefficient (Wildman–Crippen LogP) is 2.57. The normalized spacial score (nSPS) is 10.4. The van der Waals surface area contributed by atoms with Crippen LogP contribution in [0.1, 0.15) is 37.8 Å². The Bertz CT molecular complexity index is 652. The van der Waals surface area contributed by atoms with Crippen LogP contribution in [-0.2, 0) is 6.42 Å². The van der Waals surface area contributed by atoms with E-state index in [-0.39, 0.29) is 11.5 Å². The number of amides is 1. The number of carbonyl (C=O) groups is 2. The van der Waals surface area contributed by atoms with Crippen LogP contribution in [-0.4, -0.2) is 23.5 Å². The number of furan rings is 1. The van der Waals surface area contributed by atoms with Crippen LogP contribution in [0.5, 0.6) is 0 Å². The van der Waals surface area contributed by atoms with Crippen molar-refractivity contribution in [3.8, 4) is 0 Å². The minimum atomic E-state index is -1.19. The third kappa shape index (κ3) is 3.95. The van der Waals surface area contributed by atoms with E-state index in [2.05, 4.69) is 23.5 Å². The summed E-state index contributed by atoms with van der Waals surface area (Å²) in [5.74, 6) is -1.83. The fourth-order valence-electron chi connectivity index (χ4n) is 2.20. The van der Waals surface area contributed by atoms with Crippen molar-refractivity contribution in [2.75, 3.05) is 6.54 Å². The van der Waals surface area contributed by atoms with E-state index in [1.807, 2.05) is 13.8 Å². The summed E-state index contributed by atoms with van der Waals surface area (Å²) in [6, 6.07) is 8.87. The first-order chi connectivity index (χ1) is 9.95. The van der Waals surface area contributed by atoms with Gasteiger partial charge in [-0.2, -0.15) is 0 Å². The van der Waals surface area contributed by atoms with Gasteiger partial charge in [0.1, 0.15) is 0 Å². The zero-order valence-corrected chi connectivity index (χ0v) is 12.0. The van der Waals surface area contributed by atoms with Gasteiger partial charge in [0, 0.05) is 6.54 Å². The Morgan fingerprint density at radius 3 is 2.29 bits per heavy atom. The molecule has 5 heteroatoms. The Kier molecular flexibility index (Phi) is 4.42. The van der Waals surface area contributed by atoms with Crippen LogP contribution in [0.25, 0.3) is 0 Å². The molecule has 1 aromatic carbocycles. The molecular formula is C16H17NO4. The molecular weight excluding hydrogens is 270 g/mol. The van der Waals surface area contributed by atoms with Crippen LogP contribution in [0.2, 0.25) is 0 Å². The molecule has 0 saturated carbocycles. The number of carboxylic acids is 1. The van der Waals surface area contributed by atoms with Gasteiger partial charge in [0.15, 0.2) is 5.76 Å². The summed E-state index contributed by atoms with van der Waals surface area (Å²) in [5.41, 5.74) is 3.53. The van der Waals surface area contributed by atoms with Gasteiger partial charge in [0.05, 0.1) is 0 Å². The average Bonchev–Trinajstić information content (AvgIpc) is 2.87. The topological polar surface area (TPSA) is 79.5 Å². The number of benzene rings is 1. The maximum Gasteiger partial charge on any atom is 0.371 e. The first kappa shape index (κ1) is 14.8. The lowest BCUT2D eigenvalue weighted by Gasteiger charge is -2.06. The van der Waals surface area contributed by atoms with E-state index in [1.165, 1.54) is 23.3 Å². The Morgan fingerprint density at radius 2 is 1.71 bits per heavy atom. The molecule has 1 amide bonds. The Morgan fingerprint density at radius 1 is 1.10 bits per heavy atom. The number of aryl methyl sites for hydroxylation is 2. The molecule has 21 heavy (non-hydrogen) atoms. The molecule has 2 N–H and O–H groups in total. The van der Waals surface area contributed by atoms with Gasteiger partial charge in [-0.3, -0.25) is 4.79 Å². The van der Waals surface area contributed by atoms with E-state index in [4.69, 9.17) is 9.52 Å². The summed E-state index contributed by atoms with van der Waals surface area (Å²) in [6.45, 7) is 4.53. The lowest BCUT2D eigenvalue weighted by atomic mass is 10.1. The van der Waals surface area contributed by atoms with E-state index in [0.29, 0.717) is 13.0 Å². The summed E-state index contributed by atoms with van der Waals surface area (Å²) in [7, 11) is 0. The highest BCUT2D eigenvalue weighted by Crippen LogP contribution is 2.10. The predicted molar refractivity (Wildman–Crippen MR) is 77.6 cm³/mol. The third-order valence-corrected chi connectivity index (χ3v) is 3.02. The Hall–Kier alpha value is -2.56. The van der Waals surface area contributed by atoms with Crippen molar-refractivity contribution < 1.29 is 19.1 Å². The molecule has 0 aliphatic rings. The number of nitrogens with one attached hydrogen (secondary N) is 1. The molecule has 0 saturated heterocycles. The minimum Gasteiger partial charge on any atom is -0.475 e. The van der Waals surface area contributed by atoms with Gasteiger partial charge in [-0.05, 0) is 38.0 Å². The summed E-state index contributed by atoms with van der Waals surface area (Å²) < 4.78 is 4.94. The van der Waals surface area contributed by atoms with Gasteiger partial charge in [0.25, 0.3) is 5.91 Å². The first-order valence-electron chi connectivity index (χ1n) is 6.64. The van der Waals surface area contributed by atoms with Gasteiger partial charge >= 0.3 is 5.97 Å². The van der Waals surface area contributed by atoms with Crippen LogP contribution >= 0.6 is 0 Å². The quantitative estimate of drug-likeness (QED) is 0.885. The average molecular weight is 287 g/mol. The molecule has 0 atom stereocenters. The van der Waals surface area contributed by atoms with E-state index in [9.17, 15) is 9.59 Å². The van der Waals surface area contributed by atoms with Gasteiger partial charge in [0.2, 0.25) is 5.76 Å². The fourth-order valence-corrected chi connectivity index (χ4v) is 2.20. The molecule has 0 spiro atoms. The van der Waals surface area contributed by atoms with E-state index in [0.717, 1.165) is 5.56 Å². The van der Waals surface area contributed by atoms with E-state index >= 15 is 0 Å². The summed E-state index contributed by atoms with van der Waals surface area (Å²) >= 11 is 0. The number of hydrogen-bond acceptors (Lipinski definition) is 3. The maximum absolute atomic E-state index is 11.8.